The van der Waals surface area contributed by atoms with Gasteiger partial charge in [0.1, 0.15) is 16.5 Å². The van der Waals surface area contributed by atoms with Gasteiger partial charge in [-0.1, -0.05) is 31.5 Å². The third-order valence-corrected chi connectivity index (χ3v) is 3.60. The molecule has 1 aromatic heterocycles. The Morgan fingerprint density at radius 2 is 2.00 bits per heavy atom. The Kier molecular flexibility index (Phi) is 5.60. The molecule has 2 rings (SSSR count). The molecule has 0 saturated heterocycles. The van der Waals surface area contributed by atoms with Crippen LogP contribution in [0.3, 0.4) is 0 Å². The topological polar surface area (TPSA) is 22.1 Å². The van der Waals surface area contributed by atoms with Crippen LogP contribution in [0.25, 0.3) is 0 Å². The summed E-state index contributed by atoms with van der Waals surface area (Å²) in [6.07, 6.45) is 3.27. The van der Waals surface area contributed by atoms with E-state index in [9.17, 15) is 0 Å². The average Bonchev–Trinajstić information content (AvgIpc) is 2.43. The average molecular weight is 334 g/mol. The lowest BCUT2D eigenvalue weighted by Gasteiger charge is -2.19. The van der Waals surface area contributed by atoms with Crippen LogP contribution in [0.1, 0.15) is 43.5 Å². The van der Waals surface area contributed by atoms with Crippen LogP contribution in [-0.4, -0.2) is 4.98 Å². The Bertz CT molecular complexity index is 556. The SMILES string of the molecule is CCCCC(Oc1cccc(C)c1)c1cccc(Br)n1. The van der Waals surface area contributed by atoms with Gasteiger partial charge in [0, 0.05) is 0 Å². The number of halogens is 1. The summed E-state index contributed by atoms with van der Waals surface area (Å²) >= 11 is 3.43. The zero-order valence-corrected chi connectivity index (χ0v) is 13.6. The van der Waals surface area contributed by atoms with Crippen LogP contribution in [0, 0.1) is 6.92 Å². The fraction of sp³-hybridized carbons (Fsp3) is 0.353. The van der Waals surface area contributed by atoms with Crippen molar-refractivity contribution in [2.24, 2.45) is 0 Å². The Morgan fingerprint density at radius 1 is 1.20 bits per heavy atom. The first-order valence-electron chi connectivity index (χ1n) is 7.05. The number of hydrogen-bond donors (Lipinski definition) is 0. The molecule has 2 aromatic rings. The first-order chi connectivity index (χ1) is 9.69. The van der Waals surface area contributed by atoms with Crippen LogP contribution in [0.4, 0.5) is 0 Å². The molecular formula is C17H20BrNO. The molecule has 0 radical (unpaired) electrons. The number of rotatable bonds is 6. The molecular weight excluding hydrogens is 314 g/mol. The predicted molar refractivity (Wildman–Crippen MR) is 86.0 cm³/mol. The summed E-state index contributed by atoms with van der Waals surface area (Å²) < 4.78 is 7.01. The van der Waals surface area contributed by atoms with Crippen molar-refractivity contribution in [3.63, 3.8) is 0 Å². The minimum Gasteiger partial charge on any atom is -0.484 e. The van der Waals surface area contributed by atoms with E-state index in [1.807, 2.05) is 30.3 Å². The number of hydrogen-bond acceptors (Lipinski definition) is 2. The van der Waals surface area contributed by atoms with Crippen molar-refractivity contribution in [2.45, 2.75) is 39.2 Å². The second-order valence-corrected chi connectivity index (χ2v) is 5.76. The molecule has 106 valence electrons. The van der Waals surface area contributed by atoms with Crippen molar-refractivity contribution in [1.29, 1.82) is 0 Å². The van der Waals surface area contributed by atoms with Crippen molar-refractivity contribution in [3.8, 4) is 5.75 Å². The summed E-state index contributed by atoms with van der Waals surface area (Å²) in [7, 11) is 0. The Morgan fingerprint density at radius 3 is 2.70 bits per heavy atom. The second kappa shape index (κ2) is 7.44. The molecule has 0 spiro atoms. The van der Waals surface area contributed by atoms with E-state index in [4.69, 9.17) is 4.74 Å². The zero-order valence-electron chi connectivity index (χ0n) is 12.0. The van der Waals surface area contributed by atoms with Crippen molar-refractivity contribution in [3.05, 3.63) is 58.3 Å². The monoisotopic (exact) mass is 333 g/mol. The highest BCUT2D eigenvalue weighted by Crippen LogP contribution is 2.26. The third-order valence-electron chi connectivity index (χ3n) is 3.15. The molecule has 1 atom stereocenters. The lowest BCUT2D eigenvalue weighted by molar-refractivity contribution is 0.186. The molecule has 3 heteroatoms. The van der Waals surface area contributed by atoms with Gasteiger partial charge in [0.2, 0.25) is 0 Å². The predicted octanol–water partition coefficient (Wildman–Crippen LogP) is 5.46. The van der Waals surface area contributed by atoms with Gasteiger partial charge in [-0.05, 0) is 65.5 Å². The maximum Gasteiger partial charge on any atom is 0.141 e. The van der Waals surface area contributed by atoms with E-state index in [-0.39, 0.29) is 6.10 Å². The minimum absolute atomic E-state index is 0.00856. The van der Waals surface area contributed by atoms with E-state index in [0.717, 1.165) is 35.3 Å². The van der Waals surface area contributed by atoms with Gasteiger partial charge in [-0.3, -0.25) is 0 Å². The molecule has 1 aromatic carbocycles. The molecule has 1 unspecified atom stereocenters. The summed E-state index contributed by atoms with van der Waals surface area (Å²) in [5.74, 6) is 0.910. The fourth-order valence-electron chi connectivity index (χ4n) is 2.11. The molecule has 0 aliphatic carbocycles. The van der Waals surface area contributed by atoms with Gasteiger partial charge in [0.15, 0.2) is 0 Å². The van der Waals surface area contributed by atoms with Gasteiger partial charge >= 0.3 is 0 Å². The summed E-state index contributed by atoms with van der Waals surface area (Å²) in [5, 5.41) is 0. The van der Waals surface area contributed by atoms with E-state index >= 15 is 0 Å². The summed E-state index contributed by atoms with van der Waals surface area (Å²) in [5.41, 5.74) is 2.19. The van der Waals surface area contributed by atoms with Crippen molar-refractivity contribution in [1.82, 2.24) is 4.98 Å². The Hall–Kier alpha value is -1.35. The van der Waals surface area contributed by atoms with Crippen LogP contribution in [0.5, 0.6) is 5.75 Å². The highest BCUT2D eigenvalue weighted by molar-refractivity contribution is 9.10. The van der Waals surface area contributed by atoms with Gasteiger partial charge in [-0.25, -0.2) is 4.98 Å². The first-order valence-corrected chi connectivity index (χ1v) is 7.84. The molecule has 0 fully saturated rings. The number of ether oxygens (including phenoxy) is 1. The number of nitrogens with zero attached hydrogens (tertiary/aromatic N) is 1. The zero-order chi connectivity index (χ0) is 14.4. The molecule has 0 aliphatic rings. The largest absolute Gasteiger partial charge is 0.484 e. The molecule has 1 heterocycles. The van der Waals surface area contributed by atoms with E-state index in [2.05, 4.69) is 46.9 Å². The molecule has 20 heavy (non-hydrogen) atoms. The van der Waals surface area contributed by atoms with Gasteiger partial charge in [-0.2, -0.15) is 0 Å². The quantitative estimate of drug-likeness (QED) is 0.654. The minimum atomic E-state index is 0.00856. The number of aryl methyl sites for hydroxylation is 1. The number of pyridine rings is 1. The molecule has 0 amide bonds. The lowest BCUT2D eigenvalue weighted by Crippen LogP contribution is -2.09. The normalized spacial score (nSPS) is 12.2. The highest BCUT2D eigenvalue weighted by Gasteiger charge is 2.15. The molecule has 0 saturated carbocycles. The lowest BCUT2D eigenvalue weighted by atomic mass is 10.1. The number of aromatic nitrogens is 1. The molecule has 2 nitrogen and oxygen atoms in total. The summed E-state index contributed by atoms with van der Waals surface area (Å²) in [4.78, 5) is 4.54. The van der Waals surface area contributed by atoms with E-state index in [1.54, 1.807) is 0 Å². The van der Waals surface area contributed by atoms with Crippen LogP contribution in [-0.2, 0) is 0 Å². The maximum absolute atomic E-state index is 6.16. The van der Waals surface area contributed by atoms with Crippen LogP contribution >= 0.6 is 15.9 Å². The summed E-state index contributed by atoms with van der Waals surface area (Å²) in [6, 6.07) is 14.1. The van der Waals surface area contributed by atoms with Crippen LogP contribution in [0.2, 0.25) is 0 Å². The maximum atomic E-state index is 6.16. The van der Waals surface area contributed by atoms with Crippen LogP contribution < -0.4 is 4.74 Å². The van der Waals surface area contributed by atoms with Gasteiger partial charge in [0.25, 0.3) is 0 Å². The highest BCUT2D eigenvalue weighted by atomic mass is 79.9. The van der Waals surface area contributed by atoms with E-state index in [0.29, 0.717) is 0 Å². The van der Waals surface area contributed by atoms with Crippen molar-refractivity contribution in [2.75, 3.05) is 0 Å². The van der Waals surface area contributed by atoms with Gasteiger partial charge in [-0.15, -0.1) is 0 Å². The first kappa shape index (κ1) is 15.0. The molecule has 0 aliphatic heterocycles. The standard InChI is InChI=1S/C17H20BrNO/c1-3-4-10-16(15-9-6-11-17(18)19-15)20-14-8-5-7-13(2)12-14/h5-9,11-12,16H,3-4,10H2,1-2H3. The molecule has 0 bridgehead atoms. The van der Waals surface area contributed by atoms with Gasteiger partial charge < -0.3 is 4.74 Å². The van der Waals surface area contributed by atoms with Crippen molar-refractivity contribution < 1.29 is 4.74 Å². The number of benzene rings is 1. The fourth-order valence-corrected chi connectivity index (χ4v) is 2.47. The van der Waals surface area contributed by atoms with E-state index < -0.39 is 0 Å². The smallest absolute Gasteiger partial charge is 0.141 e. The van der Waals surface area contributed by atoms with E-state index in [1.165, 1.54) is 5.56 Å². The van der Waals surface area contributed by atoms with Gasteiger partial charge in [0.05, 0.1) is 5.69 Å². The Balaban J connectivity index is 2.19. The summed E-state index contributed by atoms with van der Waals surface area (Å²) in [6.45, 7) is 4.27. The Labute approximate surface area is 129 Å². The second-order valence-electron chi connectivity index (χ2n) is 4.95. The number of unbranched alkanes of at least 4 members (excludes halogenated alkanes) is 1. The van der Waals surface area contributed by atoms with Crippen molar-refractivity contribution >= 4 is 15.9 Å². The van der Waals surface area contributed by atoms with Crippen LogP contribution in [0.15, 0.2) is 47.1 Å². The third kappa shape index (κ3) is 4.34. The molecule has 0 N–H and O–H groups in total.